The number of pyridine rings is 1. The molecule has 1 aromatic heterocycles. The minimum absolute atomic E-state index is 0.111. The van der Waals surface area contributed by atoms with Gasteiger partial charge in [-0.1, -0.05) is 0 Å². The van der Waals surface area contributed by atoms with Gasteiger partial charge in [-0.25, -0.2) is 4.98 Å². The van der Waals surface area contributed by atoms with Crippen molar-refractivity contribution in [2.75, 3.05) is 31.3 Å². The van der Waals surface area contributed by atoms with E-state index in [1.807, 2.05) is 12.1 Å². The average molecular weight is 255 g/mol. The van der Waals surface area contributed by atoms with Gasteiger partial charge < -0.3 is 15.7 Å². The van der Waals surface area contributed by atoms with Crippen molar-refractivity contribution in [2.24, 2.45) is 0 Å². The summed E-state index contributed by atoms with van der Waals surface area (Å²) in [7, 11) is 1.72. The molecule has 0 aromatic carbocycles. The number of aliphatic hydroxyl groups excluding tert-OH is 1. The van der Waals surface area contributed by atoms with E-state index >= 15 is 0 Å². The standard InChI is InChI=1S/C11H17N3O2S/c1-12-7-11(16)14-10-6-9(2-3-13-10)8-17-5-4-15/h2-3,6,12,15H,4-5,7-8H2,1H3,(H,13,14,16). The first-order chi connectivity index (χ1) is 8.26. The lowest BCUT2D eigenvalue weighted by Gasteiger charge is -2.06. The number of likely N-dealkylation sites (N-methyl/N-ethyl adjacent to an activating group) is 1. The van der Waals surface area contributed by atoms with Gasteiger partial charge in [-0.2, -0.15) is 11.8 Å². The van der Waals surface area contributed by atoms with Gasteiger partial charge in [-0.15, -0.1) is 0 Å². The normalized spacial score (nSPS) is 10.2. The van der Waals surface area contributed by atoms with Gasteiger partial charge in [0.25, 0.3) is 0 Å². The molecule has 3 N–H and O–H groups in total. The van der Waals surface area contributed by atoms with Crippen molar-refractivity contribution >= 4 is 23.5 Å². The fourth-order valence-electron chi connectivity index (χ4n) is 1.23. The summed E-state index contributed by atoms with van der Waals surface area (Å²) in [6.07, 6.45) is 1.67. The molecule has 17 heavy (non-hydrogen) atoms. The highest BCUT2D eigenvalue weighted by molar-refractivity contribution is 7.98. The number of anilines is 1. The van der Waals surface area contributed by atoms with Crippen LogP contribution in [0.25, 0.3) is 0 Å². The van der Waals surface area contributed by atoms with E-state index in [9.17, 15) is 4.79 Å². The van der Waals surface area contributed by atoms with E-state index in [1.165, 1.54) is 0 Å². The largest absolute Gasteiger partial charge is 0.396 e. The molecule has 0 atom stereocenters. The zero-order chi connectivity index (χ0) is 12.5. The molecule has 0 radical (unpaired) electrons. The topological polar surface area (TPSA) is 74.2 Å². The Balaban J connectivity index is 2.50. The Hall–Kier alpha value is -1.11. The van der Waals surface area contributed by atoms with E-state index in [0.717, 1.165) is 11.3 Å². The number of hydrogen-bond acceptors (Lipinski definition) is 5. The molecule has 1 rings (SSSR count). The molecule has 94 valence electrons. The predicted octanol–water partition coefficient (Wildman–Crippen LogP) is 0.465. The van der Waals surface area contributed by atoms with Crippen LogP contribution in [0.3, 0.4) is 0 Å². The van der Waals surface area contributed by atoms with Gasteiger partial charge in [-0.3, -0.25) is 4.79 Å². The van der Waals surface area contributed by atoms with Gasteiger partial charge >= 0.3 is 0 Å². The third kappa shape index (κ3) is 5.67. The summed E-state index contributed by atoms with van der Waals surface area (Å²) in [6.45, 7) is 0.451. The second-order valence-electron chi connectivity index (χ2n) is 3.40. The number of carbonyl (C=O) groups excluding carboxylic acids is 1. The summed E-state index contributed by atoms with van der Waals surface area (Å²) >= 11 is 1.64. The fourth-order valence-corrected chi connectivity index (χ4v) is 1.92. The van der Waals surface area contributed by atoms with Crippen molar-refractivity contribution in [3.8, 4) is 0 Å². The van der Waals surface area contributed by atoms with Gasteiger partial charge in [0.2, 0.25) is 5.91 Å². The number of amides is 1. The van der Waals surface area contributed by atoms with Crippen LogP contribution in [0, 0.1) is 0 Å². The second-order valence-corrected chi connectivity index (χ2v) is 4.51. The second kappa shape index (κ2) is 8.05. The molecule has 0 aliphatic heterocycles. The minimum Gasteiger partial charge on any atom is -0.396 e. The lowest BCUT2D eigenvalue weighted by atomic mass is 10.3. The molecule has 0 fully saturated rings. The molecular formula is C11H17N3O2S. The van der Waals surface area contributed by atoms with Gasteiger partial charge in [0.1, 0.15) is 5.82 Å². The molecule has 0 aliphatic rings. The SMILES string of the molecule is CNCC(=O)Nc1cc(CSCCO)ccn1. The molecule has 0 aliphatic carbocycles. The fraction of sp³-hybridized carbons (Fsp3) is 0.455. The van der Waals surface area contributed by atoms with Crippen molar-refractivity contribution in [2.45, 2.75) is 5.75 Å². The number of aliphatic hydroxyl groups is 1. The Morgan fingerprint density at radius 3 is 3.12 bits per heavy atom. The number of hydrogen-bond donors (Lipinski definition) is 3. The number of thioether (sulfide) groups is 1. The van der Waals surface area contributed by atoms with Gasteiger partial charge in [0, 0.05) is 17.7 Å². The van der Waals surface area contributed by atoms with Crippen LogP contribution in [0.4, 0.5) is 5.82 Å². The Morgan fingerprint density at radius 2 is 2.41 bits per heavy atom. The lowest BCUT2D eigenvalue weighted by Crippen LogP contribution is -2.25. The quantitative estimate of drug-likeness (QED) is 0.617. The molecule has 0 bridgehead atoms. The maximum atomic E-state index is 11.3. The summed E-state index contributed by atoms with van der Waals surface area (Å²) in [6, 6.07) is 3.75. The van der Waals surface area contributed by atoms with E-state index in [0.29, 0.717) is 11.6 Å². The summed E-state index contributed by atoms with van der Waals surface area (Å²) < 4.78 is 0. The van der Waals surface area contributed by atoms with Crippen LogP contribution in [0.2, 0.25) is 0 Å². The minimum atomic E-state index is -0.111. The molecule has 0 unspecified atom stereocenters. The Morgan fingerprint density at radius 1 is 1.59 bits per heavy atom. The summed E-state index contributed by atoms with van der Waals surface area (Å²) in [5, 5.41) is 14.2. The van der Waals surface area contributed by atoms with Crippen LogP contribution in [0.15, 0.2) is 18.3 Å². The van der Waals surface area contributed by atoms with Crippen LogP contribution in [-0.2, 0) is 10.5 Å². The van der Waals surface area contributed by atoms with E-state index in [2.05, 4.69) is 15.6 Å². The van der Waals surface area contributed by atoms with Gasteiger partial charge in [0.05, 0.1) is 13.2 Å². The van der Waals surface area contributed by atoms with E-state index in [4.69, 9.17) is 5.11 Å². The summed E-state index contributed by atoms with van der Waals surface area (Å²) in [4.78, 5) is 15.4. The zero-order valence-corrected chi connectivity index (χ0v) is 10.6. The molecule has 1 heterocycles. The summed E-state index contributed by atoms with van der Waals surface area (Å²) in [5.74, 6) is 1.97. The van der Waals surface area contributed by atoms with Crippen LogP contribution < -0.4 is 10.6 Å². The number of rotatable bonds is 7. The average Bonchev–Trinajstić information content (AvgIpc) is 2.30. The van der Waals surface area contributed by atoms with Gasteiger partial charge in [0.15, 0.2) is 0 Å². The van der Waals surface area contributed by atoms with Crippen molar-refractivity contribution in [3.05, 3.63) is 23.9 Å². The maximum Gasteiger partial charge on any atom is 0.239 e. The lowest BCUT2D eigenvalue weighted by molar-refractivity contribution is -0.115. The van der Waals surface area contributed by atoms with Crippen LogP contribution in [-0.4, -0.2) is 41.9 Å². The Labute approximate surface area is 105 Å². The van der Waals surface area contributed by atoms with Crippen LogP contribution in [0.5, 0.6) is 0 Å². The first-order valence-corrected chi connectivity index (χ1v) is 6.49. The summed E-state index contributed by atoms with van der Waals surface area (Å²) in [5.41, 5.74) is 1.08. The van der Waals surface area contributed by atoms with Crippen molar-refractivity contribution in [3.63, 3.8) is 0 Å². The van der Waals surface area contributed by atoms with Crippen molar-refractivity contribution in [1.82, 2.24) is 10.3 Å². The molecular weight excluding hydrogens is 238 g/mol. The highest BCUT2D eigenvalue weighted by atomic mass is 32.2. The zero-order valence-electron chi connectivity index (χ0n) is 9.77. The molecule has 6 heteroatoms. The van der Waals surface area contributed by atoms with Crippen molar-refractivity contribution in [1.29, 1.82) is 0 Å². The first-order valence-electron chi connectivity index (χ1n) is 5.34. The number of nitrogens with zero attached hydrogens (tertiary/aromatic N) is 1. The third-order valence-electron chi connectivity index (χ3n) is 1.93. The Kier molecular flexibility index (Phi) is 6.61. The molecule has 0 saturated carbocycles. The molecule has 0 saturated heterocycles. The Bertz CT molecular complexity index is 360. The van der Waals surface area contributed by atoms with E-state index in [-0.39, 0.29) is 19.1 Å². The number of nitrogens with one attached hydrogen (secondary N) is 2. The molecule has 1 aromatic rings. The highest BCUT2D eigenvalue weighted by Gasteiger charge is 2.02. The molecule has 5 nitrogen and oxygen atoms in total. The van der Waals surface area contributed by atoms with Crippen LogP contribution >= 0.6 is 11.8 Å². The highest BCUT2D eigenvalue weighted by Crippen LogP contribution is 2.14. The van der Waals surface area contributed by atoms with Gasteiger partial charge in [-0.05, 0) is 24.7 Å². The maximum absolute atomic E-state index is 11.3. The number of aromatic nitrogens is 1. The van der Waals surface area contributed by atoms with Crippen molar-refractivity contribution < 1.29 is 9.90 Å². The third-order valence-corrected chi connectivity index (χ3v) is 2.94. The molecule has 1 amide bonds. The molecule has 0 spiro atoms. The van der Waals surface area contributed by atoms with Crippen LogP contribution in [0.1, 0.15) is 5.56 Å². The van der Waals surface area contributed by atoms with E-state index in [1.54, 1.807) is 25.0 Å². The first kappa shape index (κ1) is 14.0. The predicted molar refractivity (Wildman–Crippen MR) is 70.0 cm³/mol. The smallest absolute Gasteiger partial charge is 0.239 e. The monoisotopic (exact) mass is 255 g/mol. The number of carbonyl (C=O) groups is 1. The van der Waals surface area contributed by atoms with E-state index < -0.39 is 0 Å².